The van der Waals surface area contributed by atoms with Crippen molar-refractivity contribution in [3.8, 4) is 11.4 Å². The van der Waals surface area contributed by atoms with Crippen molar-refractivity contribution in [3.63, 3.8) is 0 Å². The van der Waals surface area contributed by atoms with Gasteiger partial charge in [0.25, 0.3) is 5.56 Å². The van der Waals surface area contributed by atoms with Gasteiger partial charge in [0, 0.05) is 21.9 Å². The molecular formula is C29H31N3O5. The summed E-state index contributed by atoms with van der Waals surface area (Å²) in [6, 6.07) is 9.81. The Kier molecular flexibility index (Phi) is 6.07. The number of nitrogens with zero attached hydrogens (tertiary/aromatic N) is 3. The number of cyclic esters (lactones) is 1. The maximum absolute atomic E-state index is 13.8. The molecule has 37 heavy (non-hydrogen) atoms. The fourth-order valence-electron chi connectivity index (χ4n) is 6.09. The van der Waals surface area contributed by atoms with Crippen LogP contribution >= 0.6 is 0 Å². The molecule has 8 heteroatoms. The Morgan fingerprint density at radius 2 is 2.03 bits per heavy atom. The number of hydrogen-bond donors (Lipinski definition) is 1. The summed E-state index contributed by atoms with van der Waals surface area (Å²) < 4.78 is 7.09. The predicted molar refractivity (Wildman–Crippen MR) is 140 cm³/mol. The van der Waals surface area contributed by atoms with E-state index < -0.39 is 11.4 Å². The number of ether oxygens (including phenoxy) is 1. The Hall–Kier alpha value is -3.52. The van der Waals surface area contributed by atoms with Crippen molar-refractivity contribution in [1.29, 1.82) is 0 Å². The highest BCUT2D eigenvalue weighted by atomic mass is 16.6. The van der Waals surface area contributed by atoms with Gasteiger partial charge in [-0.3, -0.25) is 9.59 Å². The van der Waals surface area contributed by atoms with Crippen LogP contribution in [0.25, 0.3) is 22.3 Å². The van der Waals surface area contributed by atoms with E-state index in [0.29, 0.717) is 29.8 Å². The first-order valence-corrected chi connectivity index (χ1v) is 13.2. The highest BCUT2D eigenvalue weighted by Gasteiger charge is 2.40. The van der Waals surface area contributed by atoms with E-state index in [1.165, 1.54) is 19.3 Å². The number of carbonyl (C=O) groups excluding carboxylic acids is 1. The number of aromatic nitrogens is 2. The van der Waals surface area contributed by atoms with Crippen LogP contribution < -0.4 is 5.56 Å². The van der Waals surface area contributed by atoms with Crippen LogP contribution in [0.1, 0.15) is 74.1 Å². The number of rotatable bonds is 5. The maximum atomic E-state index is 13.8. The smallest absolute Gasteiger partial charge is 0.307 e. The fraction of sp³-hybridized carbons (Fsp3) is 0.448. The molecule has 192 valence electrons. The van der Waals surface area contributed by atoms with Gasteiger partial charge >= 0.3 is 5.97 Å². The van der Waals surface area contributed by atoms with Crippen LogP contribution in [0.5, 0.6) is 0 Å². The SMILES string of the molecule is CCC1(CO)CC(=O)OCc2c1cc1n(c2=O)Cc2c-1nc1ccccc1c2/C=N/OC1CCCCC1. The van der Waals surface area contributed by atoms with Gasteiger partial charge in [-0.2, -0.15) is 0 Å². The van der Waals surface area contributed by atoms with Crippen LogP contribution in [0.3, 0.4) is 0 Å². The Morgan fingerprint density at radius 1 is 1.22 bits per heavy atom. The zero-order valence-electron chi connectivity index (χ0n) is 21.0. The first-order chi connectivity index (χ1) is 18.0. The zero-order chi connectivity index (χ0) is 25.6. The molecule has 1 atom stereocenters. The van der Waals surface area contributed by atoms with Gasteiger partial charge in [-0.05, 0) is 49.8 Å². The molecule has 3 aliphatic rings. The summed E-state index contributed by atoms with van der Waals surface area (Å²) in [5, 5.41) is 15.7. The van der Waals surface area contributed by atoms with E-state index in [0.717, 1.165) is 40.6 Å². The van der Waals surface area contributed by atoms with E-state index >= 15 is 0 Å². The maximum Gasteiger partial charge on any atom is 0.307 e. The molecule has 0 radical (unpaired) electrons. The molecule has 2 aliphatic heterocycles. The third-order valence-corrected chi connectivity index (χ3v) is 8.35. The Morgan fingerprint density at radius 3 is 2.81 bits per heavy atom. The predicted octanol–water partition coefficient (Wildman–Crippen LogP) is 4.20. The van der Waals surface area contributed by atoms with Crippen molar-refractivity contribution in [2.45, 2.75) is 76.5 Å². The minimum Gasteiger partial charge on any atom is -0.461 e. The van der Waals surface area contributed by atoms with Gasteiger partial charge in [-0.25, -0.2) is 4.98 Å². The largest absolute Gasteiger partial charge is 0.461 e. The molecule has 1 fully saturated rings. The number of benzene rings is 1. The van der Waals surface area contributed by atoms with Gasteiger partial charge < -0.3 is 19.2 Å². The number of fused-ring (bicyclic) bond motifs is 5. The Bertz CT molecular complexity index is 1460. The minimum absolute atomic E-state index is 0.0321. The summed E-state index contributed by atoms with van der Waals surface area (Å²) in [7, 11) is 0. The molecule has 3 aromatic rings. The molecule has 0 amide bonds. The summed E-state index contributed by atoms with van der Waals surface area (Å²) in [5.74, 6) is -0.405. The van der Waals surface area contributed by atoms with Crippen molar-refractivity contribution in [2.75, 3.05) is 6.61 Å². The van der Waals surface area contributed by atoms with Crippen LogP contribution in [0.4, 0.5) is 0 Å². The van der Waals surface area contributed by atoms with Gasteiger partial charge in [0.1, 0.15) is 12.7 Å². The number of esters is 1. The molecule has 1 unspecified atom stereocenters. The van der Waals surface area contributed by atoms with E-state index in [4.69, 9.17) is 14.6 Å². The lowest BCUT2D eigenvalue weighted by Crippen LogP contribution is -2.35. The second kappa shape index (κ2) is 9.41. The molecule has 6 rings (SSSR count). The van der Waals surface area contributed by atoms with Crippen molar-refractivity contribution >= 4 is 23.1 Å². The number of aliphatic hydroxyl groups is 1. The van der Waals surface area contributed by atoms with E-state index in [2.05, 4.69) is 5.16 Å². The normalized spacial score (nSPS) is 21.4. The summed E-state index contributed by atoms with van der Waals surface area (Å²) in [6.45, 7) is 1.92. The first kappa shape index (κ1) is 23.9. The number of hydrogen-bond acceptors (Lipinski definition) is 7. The number of para-hydroxylation sites is 1. The average Bonchev–Trinajstić information content (AvgIpc) is 3.22. The molecule has 4 heterocycles. The third kappa shape index (κ3) is 3.94. The molecule has 0 saturated heterocycles. The molecule has 0 spiro atoms. The molecule has 1 aromatic carbocycles. The summed E-state index contributed by atoms with van der Waals surface area (Å²) in [5.41, 5.74) is 4.05. The number of carbonyl (C=O) groups is 1. The number of pyridine rings is 2. The highest BCUT2D eigenvalue weighted by molar-refractivity contribution is 6.02. The van der Waals surface area contributed by atoms with Crippen molar-refractivity contribution < 1.29 is 19.5 Å². The minimum atomic E-state index is -0.866. The van der Waals surface area contributed by atoms with Crippen molar-refractivity contribution in [3.05, 3.63) is 62.9 Å². The lowest BCUT2D eigenvalue weighted by Gasteiger charge is -2.30. The fourth-order valence-corrected chi connectivity index (χ4v) is 6.09. The Balaban J connectivity index is 1.50. The molecule has 8 nitrogen and oxygen atoms in total. The van der Waals surface area contributed by atoms with E-state index in [9.17, 15) is 14.7 Å². The van der Waals surface area contributed by atoms with Gasteiger partial charge in [0.05, 0.1) is 48.3 Å². The molecule has 1 N–H and O–H groups in total. The quantitative estimate of drug-likeness (QED) is 0.250. The van der Waals surface area contributed by atoms with Crippen molar-refractivity contribution in [1.82, 2.24) is 9.55 Å². The standard InChI is InChI=1S/C29H31N3O5/c1-2-29(17-33)13-26(34)36-16-22-23(29)12-25-27-21(15-32(25)28(22)35)20(19-10-6-7-11-24(19)31-27)14-30-37-18-8-4-3-5-9-18/h6-7,10-12,14,18,33H,2-5,8-9,13,15-17H2,1H3/b30-14+. The average molecular weight is 502 g/mol. The van der Waals surface area contributed by atoms with Gasteiger partial charge in [0.15, 0.2) is 0 Å². The molecule has 1 saturated carbocycles. The van der Waals surface area contributed by atoms with Crippen LogP contribution in [0.15, 0.2) is 40.3 Å². The number of oxime groups is 1. The summed E-state index contributed by atoms with van der Waals surface area (Å²) in [4.78, 5) is 37.0. The summed E-state index contributed by atoms with van der Waals surface area (Å²) in [6.07, 6.45) is 8.07. The third-order valence-electron chi connectivity index (χ3n) is 8.35. The topological polar surface area (TPSA) is 103 Å². The lowest BCUT2D eigenvalue weighted by atomic mass is 9.74. The van der Waals surface area contributed by atoms with E-state index in [-0.39, 0.29) is 31.3 Å². The van der Waals surface area contributed by atoms with E-state index in [1.54, 1.807) is 10.8 Å². The molecule has 1 aliphatic carbocycles. The number of aliphatic hydroxyl groups excluding tert-OH is 1. The molecular weight excluding hydrogens is 470 g/mol. The highest BCUT2D eigenvalue weighted by Crippen LogP contribution is 2.41. The lowest BCUT2D eigenvalue weighted by molar-refractivity contribution is -0.146. The monoisotopic (exact) mass is 501 g/mol. The van der Waals surface area contributed by atoms with Gasteiger partial charge in [-0.1, -0.05) is 36.7 Å². The molecule has 0 bridgehead atoms. The van der Waals surface area contributed by atoms with E-state index in [1.807, 2.05) is 37.3 Å². The van der Waals surface area contributed by atoms with Crippen LogP contribution in [-0.4, -0.2) is 39.6 Å². The van der Waals surface area contributed by atoms with Crippen LogP contribution in [-0.2, 0) is 32.9 Å². The van der Waals surface area contributed by atoms with Crippen molar-refractivity contribution in [2.24, 2.45) is 5.16 Å². The van der Waals surface area contributed by atoms with Crippen LogP contribution in [0, 0.1) is 0 Å². The zero-order valence-corrected chi connectivity index (χ0v) is 21.0. The van der Waals surface area contributed by atoms with Gasteiger partial charge in [-0.15, -0.1) is 0 Å². The Labute approximate surface area is 214 Å². The van der Waals surface area contributed by atoms with Crippen LogP contribution in [0.2, 0.25) is 0 Å². The summed E-state index contributed by atoms with van der Waals surface area (Å²) >= 11 is 0. The second-order valence-electron chi connectivity index (χ2n) is 10.4. The van der Waals surface area contributed by atoms with Gasteiger partial charge in [0.2, 0.25) is 0 Å². The molecule has 2 aromatic heterocycles. The first-order valence-electron chi connectivity index (χ1n) is 13.2. The second-order valence-corrected chi connectivity index (χ2v) is 10.4.